The van der Waals surface area contributed by atoms with E-state index >= 15 is 0 Å². The maximum atomic E-state index is 5.82. The Hall–Kier alpha value is -1.36. The SMILES string of the molecule is CC(CCN(C)C)Nc1cc(N)nc(C2CC2)n1. The van der Waals surface area contributed by atoms with Crippen LogP contribution < -0.4 is 11.1 Å². The van der Waals surface area contributed by atoms with Crippen LogP contribution in [-0.4, -0.2) is 41.5 Å². The zero-order valence-electron chi connectivity index (χ0n) is 11.5. The minimum Gasteiger partial charge on any atom is -0.384 e. The summed E-state index contributed by atoms with van der Waals surface area (Å²) in [5.74, 6) is 2.85. The second-order valence-corrected chi connectivity index (χ2v) is 5.45. The molecule has 1 atom stereocenters. The summed E-state index contributed by atoms with van der Waals surface area (Å²) in [4.78, 5) is 11.0. The highest BCUT2D eigenvalue weighted by atomic mass is 15.1. The second-order valence-electron chi connectivity index (χ2n) is 5.45. The smallest absolute Gasteiger partial charge is 0.136 e. The van der Waals surface area contributed by atoms with E-state index in [1.165, 1.54) is 12.8 Å². The molecule has 1 aliphatic carbocycles. The van der Waals surface area contributed by atoms with Gasteiger partial charge in [0.2, 0.25) is 0 Å². The molecule has 1 aromatic rings. The summed E-state index contributed by atoms with van der Waals surface area (Å²) in [5, 5.41) is 3.40. The lowest BCUT2D eigenvalue weighted by molar-refractivity contribution is 0.390. The molecule has 0 saturated heterocycles. The van der Waals surface area contributed by atoms with Gasteiger partial charge in [-0.3, -0.25) is 0 Å². The monoisotopic (exact) mass is 249 g/mol. The highest BCUT2D eigenvalue weighted by Crippen LogP contribution is 2.38. The normalized spacial score (nSPS) is 16.9. The van der Waals surface area contributed by atoms with Crippen LogP contribution in [0.5, 0.6) is 0 Å². The summed E-state index contributed by atoms with van der Waals surface area (Å²) in [6, 6.07) is 2.20. The predicted octanol–water partition coefficient (Wildman–Crippen LogP) is 1.69. The van der Waals surface area contributed by atoms with Gasteiger partial charge in [0.05, 0.1) is 0 Å². The molecule has 1 fully saturated rings. The van der Waals surface area contributed by atoms with Crippen LogP contribution in [0.2, 0.25) is 0 Å². The average molecular weight is 249 g/mol. The van der Waals surface area contributed by atoms with E-state index in [0.717, 1.165) is 24.6 Å². The van der Waals surface area contributed by atoms with Crippen LogP contribution in [0.1, 0.15) is 37.9 Å². The molecule has 5 heteroatoms. The summed E-state index contributed by atoms with van der Waals surface area (Å²) in [6.07, 6.45) is 3.47. The van der Waals surface area contributed by atoms with Gasteiger partial charge >= 0.3 is 0 Å². The van der Waals surface area contributed by atoms with E-state index in [-0.39, 0.29) is 0 Å². The molecule has 0 aliphatic heterocycles. The third-order valence-corrected chi connectivity index (χ3v) is 3.11. The Morgan fingerprint density at radius 3 is 2.78 bits per heavy atom. The van der Waals surface area contributed by atoms with Gasteiger partial charge in [0.1, 0.15) is 17.5 Å². The van der Waals surface area contributed by atoms with Crippen LogP contribution in [0, 0.1) is 0 Å². The minimum absolute atomic E-state index is 0.383. The summed E-state index contributed by atoms with van der Waals surface area (Å²) in [7, 11) is 4.17. The molecule has 0 amide bonds. The Labute approximate surface area is 109 Å². The molecule has 0 aromatic carbocycles. The van der Waals surface area contributed by atoms with Crippen molar-refractivity contribution in [3.63, 3.8) is 0 Å². The van der Waals surface area contributed by atoms with E-state index in [0.29, 0.717) is 17.8 Å². The number of nitrogens with zero attached hydrogens (tertiary/aromatic N) is 3. The van der Waals surface area contributed by atoms with E-state index in [1.54, 1.807) is 0 Å². The molecule has 1 saturated carbocycles. The van der Waals surface area contributed by atoms with Crippen molar-refractivity contribution >= 4 is 11.6 Å². The molecule has 1 aromatic heterocycles. The first-order chi connectivity index (χ1) is 8.54. The lowest BCUT2D eigenvalue weighted by Gasteiger charge is -2.17. The number of nitrogen functional groups attached to an aromatic ring is 1. The van der Waals surface area contributed by atoms with Crippen LogP contribution in [0.25, 0.3) is 0 Å². The summed E-state index contributed by atoms with van der Waals surface area (Å²) < 4.78 is 0. The summed E-state index contributed by atoms with van der Waals surface area (Å²) >= 11 is 0. The van der Waals surface area contributed by atoms with Crippen molar-refractivity contribution in [3.8, 4) is 0 Å². The highest BCUT2D eigenvalue weighted by molar-refractivity contribution is 5.45. The molecule has 0 spiro atoms. The molecule has 1 unspecified atom stereocenters. The van der Waals surface area contributed by atoms with E-state index in [1.807, 2.05) is 6.07 Å². The van der Waals surface area contributed by atoms with Gasteiger partial charge in [-0.2, -0.15) is 0 Å². The molecule has 3 N–H and O–H groups in total. The number of hydrogen-bond acceptors (Lipinski definition) is 5. The van der Waals surface area contributed by atoms with Crippen molar-refractivity contribution in [2.45, 2.75) is 38.1 Å². The molecule has 2 rings (SSSR count). The first kappa shape index (κ1) is 13.1. The fourth-order valence-corrected chi connectivity index (χ4v) is 1.86. The number of nitrogens with one attached hydrogen (secondary N) is 1. The van der Waals surface area contributed by atoms with Crippen LogP contribution in [0.4, 0.5) is 11.6 Å². The van der Waals surface area contributed by atoms with Crippen LogP contribution >= 0.6 is 0 Å². The third kappa shape index (κ3) is 3.84. The van der Waals surface area contributed by atoms with Crippen molar-refractivity contribution < 1.29 is 0 Å². The Bertz CT molecular complexity index is 400. The third-order valence-electron chi connectivity index (χ3n) is 3.11. The topological polar surface area (TPSA) is 67.1 Å². The quantitative estimate of drug-likeness (QED) is 0.803. The predicted molar refractivity (Wildman–Crippen MR) is 74.7 cm³/mol. The number of hydrogen-bond donors (Lipinski definition) is 2. The maximum Gasteiger partial charge on any atom is 0.136 e. The molecule has 0 bridgehead atoms. The number of aromatic nitrogens is 2. The van der Waals surface area contributed by atoms with E-state index < -0.39 is 0 Å². The fourth-order valence-electron chi connectivity index (χ4n) is 1.86. The van der Waals surface area contributed by atoms with Gasteiger partial charge in [-0.15, -0.1) is 0 Å². The van der Waals surface area contributed by atoms with Gasteiger partial charge in [0.25, 0.3) is 0 Å². The second kappa shape index (κ2) is 5.52. The Morgan fingerprint density at radius 2 is 2.17 bits per heavy atom. The largest absolute Gasteiger partial charge is 0.384 e. The average Bonchev–Trinajstić information content (AvgIpc) is 3.09. The molecule has 100 valence electrons. The fraction of sp³-hybridized carbons (Fsp3) is 0.692. The molecule has 1 aliphatic rings. The number of nitrogens with two attached hydrogens (primary N) is 1. The first-order valence-corrected chi connectivity index (χ1v) is 6.60. The first-order valence-electron chi connectivity index (χ1n) is 6.60. The van der Waals surface area contributed by atoms with E-state index in [2.05, 4.69) is 41.2 Å². The molecule has 5 nitrogen and oxygen atoms in total. The van der Waals surface area contributed by atoms with Crippen LogP contribution in [0.3, 0.4) is 0 Å². The Morgan fingerprint density at radius 1 is 1.44 bits per heavy atom. The molecular weight excluding hydrogens is 226 g/mol. The van der Waals surface area contributed by atoms with Gasteiger partial charge < -0.3 is 16.0 Å². The Balaban J connectivity index is 1.95. The zero-order chi connectivity index (χ0) is 13.1. The molecule has 18 heavy (non-hydrogen) atoms. The van der Waals surface area contributed by atoms with Gasteiger partial charge in [0.15, 0.2) is 0 Å². The van der Waals surface area contributed by atoms with Gasteiger partial charge in [-0.25, -0.2) is 9.97 Å². The van der Waals surface area contributed by atoms with Crippen molar-refractivity contribution in [2.24, 2.45) is 0 Å². The van der Waals surface area contributed by atoms with Gasteiger partial charge in [-0.1, -0.05) is 0 Å². The van der Waals surface area contributed by atoms with Crippen molar-refractivity contribution in [1.29, 1.82) is 0 Å². The maximum absolute atomic E-state index is 5.82. The van der Waals surface area contributed by atoms with Crippen LogP contribution in [0.15, 0.2) is 6.07 Å². The molecular formula is C13H23N5. The van der Waals surface area contributed by atoms with Gasteiger partial charge in [0, 0.05) is 18.0 Å². The lowest BCUT2D eigenvalue weighted by atomic mass is 10.2. The minimum atomic E-state index is 0.383. The van der Waals surface area contributed by atoms with Gasteiger partial charge in [-0.05, 0) is 46.8 Å². The summed E-state index contributed by atoms with van der Waals surface area (Å²) in [6.45, 7) is 3.23. The number of rotatable bonds is 6. The van der Waals surface area contributed by atoms with Crippen molar-refractivity contribution in [1.82, 2.24) is 14.9 Å². The van der Waals surface area contributed by atoms with Crippen LogP contribution in [-0.2, 0) is 0 Å². The van der Waals surface area contributed by atoms with E-state index in [4.69, 9.17) is 5.73 Å². The zero-order valence-corrected chi connectivity index (χ0v) is 11.5. The highest BCUT2D eigenvalue weighted by Gasteiger charge is 2.27. The molecule has 1 heterocycles. The Kier molecular flexibility index (Phi) is 4.01. The lowest BCUT2D eigenvalue weighted by Crippen LogP contribution is -2.23. The molecule has 0 radical (unpaired) electrons. The van der Waals surface area contributed by atoms with Crippen molar-refractivity contribution in [2.75, 3.05) is 31.7 Å². The standard InChI is InChI=1S/C13H23N5/c1-9(6-7-18(2)3)15-12-8-11(14)16-13(17-12)10-4-5-10/h8-10H,4-7H2,1-3H3,(H3,14,15,16,17). The van der Waals surface area contributed by atoms with Crippen molar-refractivity contribution in [3.05, 3.63) is 11.9 Å². The number of anilines is 2. The summed E-state index contributed by atoms with van der Waals surface area (Å²) in [5.41, 5.74) is 5.82. The van der Waals surface area contributed by atoms with E-state index in [9.17, 15) is 0 Å².